The van der Waals surface area contributed by atoms with Gasteiger partial charge in [-0.2, -0.15) is 13.2 Å². The molecule has 1 aromatic carbocycles. The monoisotopic (exact) mass is 254 g/mol. The number of hydrogen-bond acceptors (Lipinski definition) is 2. The van der Waals surface area contributed by atoms with E-state index in [0.29, 0.717) is 18.2 Å². The van der Waals surface area contributed by atoms with Crippen molar-refractivity contribution in [2.45, 2.75) is 12.1 Å². The van der Waals surface area contributed by atoms with Crippen LogP contribution < -0.4 is 0 Å². The van der Waals surface area contributed by atoms with Gasteiger partial charge in [-0.1, -0.05) is 0 Å². The van der Waals surface area contributed by atoms with Gasteiger partial charge in [0.2, 0.25) is 0 Å². The van der Waals surface area contributed by atoms with Crippen LogP contribution in [0.25, 0.3) is 0 Å². The molecule has 1 aromatic rings. The summed E-state index contributed by atoms with van der Waals surface area (Å²) in [5, 5.41) is 0. The maximum atomic E-state index is 12.8. The van der Waals surface area contributed by atoms with Crippen molar-refractivity contribution in [1.82, 2.24) is 0 Å². The quantitative estimate of drug-likeness (QED) is 0.599. The van der Waals surface area contributed by atoms with Crippen molar-refractivity contribution in [1.29, 1.82) is 0 Å². The molecule has 7 heteroatoms. The van der Waals surface area contributed by atoms with Gasteiger partial charge in [-0.25, -0.2) is 8.78 Å². The number of carbonyl (C=O) groups is 1. The van der Waals surface area contributed by atoms with E-state index in [1.165, 1.54) is 0 Å². The molecule has 0 bridgehead atoms. The molecule has 1 unspecified atom stereocenters. The van der Waals surface area contributed by atoms with E-state index in [4.69, 9.17) is 0 Å². The van der Waals surface area contributed by atoms with Crippen LogP contribution in [0.5, 0.6) is 0 Å². The Morgan fingerprint density at radius 2 is 1.65 bits per heavy atom. The van der Waals surface area contributed by atoms with Crippen LogP contribution in [-0.4, -0.2) is 19.3 Å². The lowest BCUT2D eigenvalue weighted by atomic mass is 9.98. The predicted molar refractivity (Wildman–Crippen MR) is 47.2 cm³/mol. The van der Waals surface area contributed by atoms with Gasteiger partial charge < -0.3 is 4.74 Å². The van der Waals surface area contributed by atoms with E-state index in [1.54, 1.807) is 0 Å². The molecule has 0 saturated carbocycles. The van der Waals surface area contributed by atoms with E-state index in [0.717, 1.165) is 7.11 Å². The Morgan fingerprint density at radius 1 is 1.18 bits per heavy atom. The number of rotatable bonds is 2. The Kier molecular flexibility index (Phi) is 3.69. The number of alkyl halides is 3. The first-order chi connectivity index (χ1) is 7.75. The van der Waals surface area contributed by atoms with Crippen molar-refractivity contribution in [3.8, 4) is 0 Å². The van der Waals surface area contributed by atoms with Crippen molar-refractivity contribution in [2.24, 2.45) is 0 Å². The number of benzene rings is 1. The Balaban J connectivity index is 3.27. The molecule has 94 valence electrons. The van der Waals surface area contributed by atoms with Gasteiger partial charge in [-0.05, 0) is 17.7 Å². The van der Waals surface area contributed by atoms with Crippen molar-refractivity contribution in [3.05, 3.63) is 35.4 Å². The number of halogens is 5. The molecule has 0 N–H and O–H groups in total. The molecular weight excluding hydrogens is 247 g/mol. The van der Waals surface area contributed by atoms with Gasteiger partial charge in [0.15, 0.2) is 5.92 Å². The minimum absolute atomic E-state index is 0.411. The van der Waals surface area contributed by atoms with E-state index in [2.05, 4.69) is 4.74 Å². The fourth-order valence-corrected chi connectivity index (χ4v) is 1.32. The first kappa shape index (κ1) is 13.4. The highest BCUT2D eigenvalue weighted by atomic mass is 19.4. The molecule has 1 rings (SSSR count). The van der Waals surface area contributed by atoms with E-state index >= 15 is 0 Å². The van der Waals surface area contributed by atoms with Crippen LogP contribution in [0.15, 0.2) is 18.2 Å². The van der Waals surface area contributed by atoms with Crippen LogP contribution >= 0.6 is 0 Å². The second-order valence-electron chi connectivity index (χ2n) is 3.20. The molecule has 2 nitrogen and oxygen atoms in total. The first-order valence-corrected chi connectivity index (χ1v) is 4.36. The molecule has 0 heterocycles. The lowest BCUT2D eigenvalue weighted by Gasteiger charge is -2.18. The third-order valence-electron chi connectivity index (χ3n) is 1.98. The average Bonchev–Trinajstić information content (AvgIpc) is 2.13. The molecular formula is C10H7F5O2. The molecule has 0 radical (unpaired) electrons. The second-order valence-corrected chi connectivity index (χ2v) is 3.20. The zero-order valence-corrected chi connectivity index (χ0v) is 8.52. The smallest absolute Gasteiger partial charge is 0.406 e. The van der Waals surface area contributed by atoms with Gasteiger partial charge in [0, 0.05) is 6.07 Å². The zero-order chi connectivity index (χ0) is 13.2. The van der Waals surface area contributed by atoms with Crippen molar-refractivity contribution in [2.75, 3.05) is 7.11 Å². The molecule has 1 atom stereocenters. The molecule has 0 aromatic heterocycles. The molecule has 0 aliphatic carbocycles. The van der Waals surface area contributed by atoms with Gasteiger partial charge in [0.05, 0.1) is 7.11 Å². The summed E-state index contributed by atoms with van der Waals surface area (Å²) in [7, 11) is 0.761. The van der Waals surface area contributed by atoms with Gasteiger partial charge >= 0.3 is 12.1 Å². The average molecular weight is 254 g/mol. The summed E-state index contributed by atoms with van der Waals surface area (Å²) < 4.78 is 67.2. The molecule has 17 heavy (non-hydrogen) atoms. The summed E-state index contributed by atoms with van der Waals surface area (Å²) in [6.45, 7) is 0. The Hall–Kier alpha value is -1.66. The Labute approximate surface area is 93.0 Å². The lowest BCUT2D eigenvalue weighted by molar-refractivity contribution is -0.179. The van der Waals surface area contributed by atoms with Crippen molar-refractivity contribution < 1.29 is 31.5 Å². The minimum atomic E-state index is -4.98. The Morgan fingerprint density at radius 3 is 2.00 bits per heavy atom. The zero-order valence-electron chi connectivity index (χ0n) is 8.52. The normalized spacial score (nSPS) is 13.3. The van der Waals surface area contributed by atoms with Gasteiger partial charge in [0.1, 0.15) is 11.6 Å². The van der Waals surface area contributed by atoms with Crippen LogP contribution in [0.4, 0.5) is 22.0 Å². The van der Waals surface area contributed by atoms with E-state index < -0.39 is 35.3 Å². The third-order valence-corrected chi connectivity index (χ3v) is 1.98. The number of ether oxygens (including phenoxy) is 1. The van der Waals surface area contributed by atoms with Gasteiger partial charge in [-0.3, -0.25) is 4.79 Å². The van der Waals surface area contributed by atoms with Crippen LogP contribution in [0.1, 0.15) is 11.5 Å². The summed E-state index contributed by atoms with van der Waals surface area (Å²) in [4.78, 5) is 11.0. The number of hydrogen-bond donors (Lipinski definition) is 0. The van der Waals surface area contributed by atoms with Crippen LogP contribution in [0.3, 0.4) is 0 Å². The highest BCUT2D eigenvalue weighted by Crippen LogP contribution is 2.36. The first-order valence-electron chi connectivity index (χ1n) is 4.36. The standard InChI is InChI=1S/C10H7F5O2/c1-17-9(16)8(10(13,14)15)5-2-6(11)4-7(12)3-5/h2-4,8H,1H3. The fraction of sp³-hybridized carbons (Fsp3) is 0.300. The van der Waals surface area contributed by atoms with E-state index in [-0.39, 0.29) is 0 Å². The summed E-state index contributed by atoms with van der Waals surface area (Å²) in [6.07, 6.45) is -4.98. The lowest BCUT2D eigenvalue weighted by Crippen LogP contribution is -2.29. The molecule has 0 amide bonds. The SMILES string of the molecule is COC(=O)C(c1cc(F)cc(F)c1)C(F)(F)F. The maximum absolute atomic E-state index is 12.8. The third kappa shape index (κ3) is 3.15. The van der Waals surface area contributed by atoms with E-state index in [9.17, 15) is 26.7 Å². The molecule has 0 aliphatic rings. The molecule has 0 saturated heterocycles. The summed E-state index contributed by atoms with van der Waals surface area (Å²) >= 11 is 0. The summed E-state index contributed by atoms with van der Waals surface area (Å²) in [5.41, 5.74) is -0.832. The number of methoxy groups -OCH3 is 1. The van der Waals surface area contributed by atoms with Crippen molar-refractivity contribution in [3.63, 3.8) is 0 Å². The largest absolute Gasteiger partial charge is 0.468 e. The van der Waals surface area contributed by atoms with Crippen LogP contribution in [0.2, 0.25) is 0 Å². The highest BCUT2D eigenvalue weighted by molar-refractivity contribution is 5.79. The second kappa shape index (κ2) is 4.68. The molecule has 0 fully saturated rings. The fourth-order valence-electron chi connectivity index (χ4n) is 1.32. The number of esters is 1. The van der Waals surface area contributed by atoms with Crippen LogP contribution in [0, 0.1) is 11.6 Å². The van der Waals surface area contributed by atoms with Gasteiger partial charge in [-0.15, -0.1) is 0 Å². The topological polar surface area (TPSA) is 26.3 Å². The van der Waals surface area contributed by atoms with Gasteiger partial charge in [0.25, 0.3) is 0 Å². The molecule has 0 spiro atoms. The summed E-state index contributed by atoms with van der Waals surface area (Å²) in [6, 6.07) is 1.30. The Bertz CT molecular complexity index is 407. The van der Waals surface area contributed by atoms with Crippen molar-refractivity contribution >= 4 is 5.97 Å². The highest BCUT2D eigenvalue weighted by Gasteiger charge is 2.47. The van der Waals surface area contributed by atoms with E-state index in [1.807, 2.05) is 0 Å². The predicted octanol–water partition coefficient (Wildman–Crippen LogP) is 2.78. The maximum Gasteiger partial charge on any atom is 0.406 e. The minimum Gasteiger partial charge on any atom is -0.468 e. The molecule has 0 aliphatic heterocycles. The van der Waals surface area contributed by atoms with Crippen LogP contribution in [-0.2, 0) is 9.53 Å². The number of carbonyl (C=O) groups excluding carboxylic acids is 1. The summed E-state index contributed by atoms with van der Waals surface area (Å²) in [5.74, 6) is -6.71.